The molecule has 0 saturated carbocycles. The van der Waals surface area contributed by atoms with E-state index in [2.05, 4.69) is 32.7 Å². The molecule has 2 aromatic rings. The lowest BCUT2D eigenvalue weighted by Gasteiger charge is -2.20. The smallest absolute Gasteiger partial charge is 0.190 e. The highest BCUT2D eigenvalue weighted by Crippen LogP contribution is 2.26. The molecule has 1 aliphatic heterocycles. The van der Waals surface area contributed by atoms with E-state index < -0.39 is 0 Å². The average Bonchev–Trinajstić information content (AvgIpc) is 3.20. The Morgan fingerprint density at radius 2 is 2.03 bits per heavy atom. The molecule has 3 rings (SSSR count). The van der Waals surface area contributed by atoms with Gasteiger partial charge >= 0.3 is 0 Å². The Balaban J connectivity index is 0.00000300. The molecule has 2 aromatic carbocycles. The Kier molecular flexibility index (Phi) is 9.50. The van der Waals surface area contributed by atoms with E-state index in [9.17, 15) is 4.39 Å². The predicted molar refractivity (Wildman–Crippen MR) is 128 cm³/mol. The van der Waals surface area contributed by atoms with Gasteiger partial charge in [-0.25, -0.2) is 4.39 Å². The van der Waals surface area contributed by atoms with Crippen LogP contribution in [-0.2, 0) is 6.42 Å². The van der Waals surface area contributed by atoms with Crippen LogP contribution in [0.15, 0.2) is 53.5 Å². The maximum atomic E-state index is 13.2. The van der Waals surface area contributed by atoms with Crippen molar-refractivity contribution in [3.63, 3.8) is 0 Å². The van der Waals surface area contributed by atoms with Gasteiger partial charge in [0, 0.05) is 45.0 Å². The summed E-state index contributed by atoms with van der Waals surface area (Å²) in [6, 6.07) is 14.9. The van der Waals surface area contributed by atoms with Gasteiger partial charge in [0.1, 0.15) is 11.6 Å². The van der Waals surface area contributed by atoms with E-state index >= 15 is 0 Å². The Morgan fingerprint density at radius 3 is 2.79 bits per heavy atom. The van der Waals surface area contributed by atoms with Crippen LogP contribution < -0.4 is 20.3 Å². The third-order valence-corrected chi connectivity index (χ3v) is 5.08. The third-order valence-electron chi connectivity index (χ3n) is 5.08. The summed E-state index contributed by atoms with van der Waals surface area (Å²) in [5, 5.41) is 6.72. The van der Waals surface area contributed by atoms with Crippen LogP contribution >= 0.6 is 24.0 Å². The largest absolute Gasteiger partial charge is 0.497 e. The van der Waals surface area contributed by atoms with Crippen molar-refractivity contribution >= 4 is 35.6 Å². The van der Waals surface area contributed by atoms with Crippen LogP contribution in [0.2, 0.25) is 0 Å². The molecule has 1 heterocycles. The molecule has 158 valence electrons. The number of guanidine groups is 1. The van der Waals surface area contributed by atoms with Crippen LogP contribution in [0, 0.1) is 11.7 Å². The molecule has 0 radical (unpaired) electrons. The number of methoxy groups -OCH3 is 1. The van der Waals surface area contributed by atoms with Gasteiger partial charge in [0.25, 0.3) is 0 Å². The first-order chi connectivity index (χ1) is 13.7. The van der Waals surface area contributed by atoms with E-state index in [4.69, 9.17) is 4.74 Å². The molecular formula is C22H30FIN4O. The summed E-state index contributed by atoms with van der Waals surface area (Å²) in [6.07, 6.45) is 1.90. The normalized spacial score (nSPS) is 16.3. The highest BCUT2D eigenvalue weighted by molar-refractivity contribution is 14.0. The molecule has 29 heavy (non-hydrogen) atoms. The summed E-state index contributed by atoms with van der Waals surface area (Å²) in [4.78, 5) is 6.69. The average molecular weight is 512 g/mol. The van der Waals surface area contributed by atoms with Crippen molar-refractivity contribution in [3.8, 4) is 5.75 Å². The fourth-order valence-electron chi connectivity index (χ4n) is 3.52. The number of nitrogens with one attached hydrogen (secondary N) is 2. The molecule has 1 saturated heterocycles. The Labute approximate surface area is 189 Å². The molecule has 0 bridgehead atoms. The summed E-state index contributed by atoms with van der Waals surface area (Å²) in [6.45, 7) is 3.65. The van der Waals surface area contributed by atoms with Crippen molar-refractivity contribution in [2.45, 2.75) is 12.8 Å². The second-order valence-corrected chi connectivity index (χ2v) is 7.06. The van der Waals surface area contributed by atoms with Crippen molar-refractivity contribution in [1.29, 1.82) is 0 Å². The molecular weight excluding hydrogens is 482 g/mol. The summed E-state index contributed by atoms with van der Waals surface area (Å²) >= 11 is 0. The lowest BCUT2D eigenvalue weighted by Crippen LogP contribution is -2.41. The minimum atomic E-state index is -0.193. The maximum Gasteiger partial charge on any atom is 0.190 e. The van der Waals surface area contributed by atoms with Crippen LogP contribution in [0.3, 0.4) is 0 Å². The molecule has 1 fully saturated rings. The van der Waals surface area contributed by atoms with Crippen molar-refractivity contribution < 1.29 is 9.13 Å². The summed E-state index contributed by atoms with van der Waals surface area (Å²) in [7, 11) is 3.47. The lowest BCUT2D eigenvalue weighted by atomic mass is 10.1. The first kappa shape index (κ1) is 23.3. The molecule has 7 heteroatoms. The van der Waals surface area contributed by atoms with Crippen LogP contribution in [0.25, 0.3) is 0 Å². The molecule has 0 spiro atoms. The number of nitrogens with zero attached hydrogens (tertiary/aromatic N) is 2. The second kappa shape index (κ2) is 11.8. The number of aliphatic imine (C=N–C) groups is 1. The fourth-order valence-corrected chi connectivity index (χ4v) is 3.52. The molecule has 0 aliphatic carbocycles. The monoisotopic (exact) mass is 512 g/mol. The first-order valence-corrected chi connectivity index (χ1v) is 9.76. The minimum Gasteiger partial charge on any atom is -0.497 e. The van der Waals surface area contributed by atoms with Crippen LogP contribution in [0.5, 0.6) is 5.75 Å². The SMILES string of the molecule is CN=C(NCCc1cccc(F)c1)NCC1CCN(c2cccc(OC)c2)C1.I. The highest BCUT2D eigenvalue weighted by atomic mass is 127. The van der Waals surface area contributed by atoms with Crippen molar-refractivity contribution in [3.05, 3.63) is 59.9 Å². The van der Waals surface area contributed by atoms with Crippen molar-refractivity contribution in [1.82, 2.24) is 10.6 Å². The van der Waals surface area contributed by atoms with Gasteiger partial charge in [0.15, 0.2) is 5.96 Å². The van der Waals surface area contributed by atoms with E-state index in [0.29, 0.717) is 12.5 Å². The summed E-state index contributed by atoms with van der Waals surface area (Å²) in [5.74, 6) is 2.05. The Hall–Kier alpha value is -2.03. The quantitative estimate of drug-likeness (QED) is 0.338. The highest BCUT2D eigenvalue weighted by Gasteiger charge is 2.23. The van der Waals surface area contributed by atoms with Gasteiger partial charge in [0.2, 0.25) is 0 Å². The molecule has 0 amide bonds. The summed E-state index contributed by atoms with van der Waals surface area (Å²) in [5.41, 5.74) is 2.19. The number of hydrogen-bond acceptors (Lipinski definition) is 3. The van der Waals surface area contributed by atoms with E-state index in [1.807, 2.05) is 18.2 Å². The Morgan fingerprint density at radius 1 is 1.21 bits per heavy atom. The van der Waals surface area contributed by atoms with Crippen LogP contribution in [-0.4, -0.2) is 46.3 Å². The van der Waals surface area contributed by atoms with Gasteiger partial charge in [-0.3, -0.25) is 4.99 Å². The molecule has 2 N–H and O–H groups in total. The molecule has 5 nitrogen and oxygen atoms in total. The number of benzene rings is 2. The number of halogens is 2. The van der Waals surface area contributed by atoms with Crippen molar-refractivity contribution in [2.75, 3.05) is 45.2 Å². The second-order valence-electron chi connectivity index (χ2n) is 7.06. The van der Waals surface area contributed by atoms with Gasteiger partial charge < -0.3 is 20.3 Å². The van der Waals surface area contributed by atoms with Gasteiger partial charge in [-0.15, -0.1) is 24.0 Å². The number of hydrogen-bond donors (Lipinski definition) is 2. The predicted octanol–water partition coefficient (Wildman–Crippen LogP) is 3.69. The van der Waals surface area contributed by atoms with Gasteiger partial charge in [-0.2, -0.15) is 0 Å². The first-order valence-electron chi connectivity index (χ1n) is 9.76. The molecule has 0 aromatic heterocycles. The zero-order chi connectivity index (χ0) is 19.8. The van der Waals surface area contributed by atoms with Gasteiger partial charge in [-0.1, -0.05) is 18.2 Å². The Bertz CT molecular complexity index is 802. The number of anilines is 1. The van der Waals surface area contributed by atoms with E-state index in [1.54, 1.807) is 26.3 Å². The third kappa shape index (κ3) is 7.06. The topological polar surface area (TPSA) is 48.9 Å². The van der Waals surface area contributed by atoms with E-state index in [-0.39, 0.29) is 29.8 Å². The van der Waals surface area contributed by atoms with Gasteiger partial charge in [0.05, 0.1) is 7.11 Å². The van der Waals surface area contributed by atoms with E-state index in [0.717, 1.165) is 49.7 Å². The molecule has 1 unspecified atom stereocenters. The standard InChI is InChI=1S/C22H29FN4O.HI/c1-24-22(25-11-9-17-5-3-6-19(23)13-17)26-15-18-10-12-27(16-18)20-7-4-8-21(14-20)28-2;/h3-8,13-14,18H,9-12,15-16H2,1-2H3,(H2,24,25,26);1H. The molecule has 1 atom stereocenters. The number of rotatable bonds is 7. The van der Waals surface area contributed by atoms with Crippen LogP contribution in [0.4, 0.5) is 10.1 Å². The van der Waals surface area contributed by atoms with Gasteiger partial charge in [-0.05, 0) is 48.6 Å². The lowest BCUT2D eigenvalue weighted by molar-refractivity contribution is 0.415. The van der Waals surface area contributed by atoms with Crippen LogP contribution in [0.1, 0.15) is 12.0 Å². The summed E-state index contributed by atoms with van der Waals surface area (Å²) < 4.78 is 18.6. The maximum absolute atomic E-state index is 13.2. The van der Waals surface area contributed by atoms with Crippen molar-refractivity contribution in [2.24, 2.45) is 10.9 Å². The fraction of sp³-hybridized carbons (Fsp3) is 0.409. The molecule has 1 aliphatic rings. The van der Waals surface area contributed by atoms with E-state index in [1.165, 1.54) is 11.8 Å². The zero-order valence-corrected chi connectivity index (χ0v) is 19.4. The zero-order valence-electron chi connectivity index (χ0n) is 17.0. The number of ether oxygens (including phenoxy) is 1. The minimum absolute atomic E-state index is 0.